The maximum atomic E-state index is 12.1. The average Bonchev–Trinajstić information content (AvgIpc) is 2.88. The summed E-state index contributed by atoms with van der Waals surface area (Å²) in [5.41, 5.74) is 6.61. The van der Waals surface area contributed by atoms with E-state index in [9.17, 15) is 4.79 Å². The van der Waals surface area contributed by atoms with Gasteiger partial charge in [-0.2, -0.15) is 0 Å². The van der Waals surface area contributed by atoms with Crippen LogP contribution in [0.2, 0.25) is 0 Å². The molecule has 0 unspecified atom stereocenters. The van der Waals surface area contributed by atoms with Gasteiger partial charge >= 0.3 is 0 Å². The standard InChI is InChI=1S/C15H22N2O4/c1-10(2)3-5-19-6-4-17-15(18)11-7-13-14(8-12(11)16)21-9-20-13/h7-8,10H,3-6,9,16H2,1-2H3,(H,17,18). The van der Waals surface area contributed by atoms with Crippen molar-refractivity contribution in [2.24, 2.45) is 5.92 Å². The first-order valence-corrected chi connectivity index (χ1v) is 7.13. The monoisotopic (exact) mass is 294 g/mol. The van der Waals surface area contributed by atoms with Gasteiger partial charge < -0.3 is 25.3 Å². The van der Waals surface area contributed by atoms with Gasteiger partial charge in [0.15, 0.2) is 11.5 Å². The number of rotatable bonds is 7. The van der Waals surface area contributed by atoms with E-state index in [1.54, 1.807) is 12.1 Å². The largest absolute Gasteiger partial charge is 0.454 e. The molecule has 1 aliphatic rings. The number of carbonyl (C=O) groups excluding carboxylic acids is 1. The van der Waals surface area contributed by atoms with Crippen LogP contribution in [-0.2, 0) is 4.74 Å². The molecule has 6 nitrogen and oxygen atoms in total. The third-order valence-corrected chi connectivity index (χ3v) is 3.16. The Labute approximate surface area is 124 Å². The van der Waals surface area contributed by atoms with E-state index in [0.29, 0.717) is 48.4 Å². The fraction of sp³-hybridized carbons (Fsp3) is 0.533. The van der Waals surface area contributed by atoms with Crippen molar-refractivity contribution in [2.45, 2.75) is 20.3 Å². The smallest absolute Gasteiger partial charge is 0.253 e. The number of fused-ring (bicyclic) bond motifs is 1. The molecule has 0 aromatic heterocycles. The molecule has 0 fully saturated rings. The van der Waals surface area contributed by atoms with Gasteiger partial charge in [0.05, 0.1) is 12.2 Å². The van der Waals surface area contributed by atoms with E-state index in [2.05, 4.69) is 19.2 Å². The lowest BCUT2D eigenvalue weighted by Crippen LogP contribution is -2.28. The van der Waals surface area contributed by atoms with Gasteiger partial charge in [-0.3, -0.25) is 4.79 Å². The molecule has 116 valence electrons. The van der Waals surface area contributed by atoms with Crippen LogP contribution < -0.4 is 20.5 Å². The number of ether oxygens (including phenoxy) is 3. The summed E-state index contributed by atoms with van der Waals surface area (Å²) in [6, 6.07) is 3.21. The van der Waals surface area contributed by atoms with Gasteiger partial charge in [0.25, 0.3) is 5.91 Å². The summed E-state index contributed by atoms with van der Waals surface area (Å²) >= 11 is 0. The minimum Gasteiger partial charge on any atom is -0.454 e. The van der Waals surface area contributed by atoms with Gasteiger partial charge in [-0.05, 0) is 18.4 Å². The van der Waals surface area contributed by atoms with Gasteiger partial charge in [-0.1, -0.05) is 13.8 Å². The van der Waals surface area contributed by atoms with Crippen molar-refractivity contribution in [3.63, 3.8) is 0 Å². The molecule has 0 spiro atoms. The summed E-state index contributed by atoms with van der Waals surface area (Å²) in [5, 5.41) is 2.78. The summed E-state index contributed by atoms with van der Waals surface area (Å²) in [4.78, 5) is 12.1. The molecule has 21 heavy (non-hydrogen) atoms. The summed E-state index contributed by atoms with van der Waals surface area (Å²) < 4.78 is 15.9. The molecule has 2 rings (SSSR count). The second-order valence-corrected chi connectivity index (χ2v) is 5.34. The van der Waals surface area contributed by atoms with Crippen molar-refractivity contribution in [1.29, 1.82) is 0 Å². The van der Waals surface area contributed by atoms with Crippen molar-refractivity contribution in [2.75, 3.05) is 32.3 Å². The van der Waals surface area contributed by atoms with Crippen molar-refractivity contribution in [3.8, 4) is 11.5 Å². The van der Waals surface area contributed by atoms with Gasteiger partial charge in [0.1, 0.15) is 0 Å². The number of amides is 1. The fourth-order valence-corrected chi connectivity index (χ4v) is 1.91. The summed E-state index contributed by atoms with van der Waals surface area (Å²) in [5.74, 6) is 1.50. The molecule has 1 aliphatic heterocycles. The highest BCUT2D eigenvalue weighted by Crippen LogP contribution is 2.35. The summed E-state index contributed by atoms with van der Waals surface area (Å²) in [6.45, 7) is 6.10. The molecule has 0 aliphatic carbocycles. The Morgan fingerprint density at radius 1 is 1.33 bits per heavy atom. The lowest BCUT2D eigenvalue weighted by atomic mass is 10.1. The van der Waals surface area contributed by atoms with E-state index in [-0.39, 0.29) is 12.7 Å². The maximum absolute atomic E-state index is 12.1. The SMILES string of the molecule is CC(C)CCOCCNC(=O)c1cc2c(cc1N)OCO2. The molecule has 0 saturated heterocycles. The molecule has 1 heterocycles. The van der Waals surface area contributed by atoms with Gasteiger partial charge in [-0.15, -0.1) is 0 Å². The zero-order valence-electron chi connectivity index (χ0n) is 12.5. The van der Waals surface area contributed by atoms with Crippen LogP contribution in [0.4, 0.5) is 5.69 Å². The summed E-state index contributed by atoms with van der Waals surface area (Å²) in [6.07, 6.45) is 1.02. The van der Waals surface area contributed by atoms with E-state index in [1.807, 2.05) is 0 Å². The first-order valence-electron chi connectivity index (χ1n) is 7.13. The Bertz CT molecular complexity index is 503. The van der Waals surface area contributed by atoms with Crippen LogP contribution in [0.25, 0.3) is 0 Å². The molecule has 3 N–H and O–H groups in total. The second kappa shape index (κ2) is 7.17. The van der Waals surface area contributed by atoms with E-state index >= 15 is 0 Å². The number of anilines is 1. The Morgan fingerprint density at radius 3 is 2.76 bits per heavy atom. The highest BCUT2D eigenvalue weighted by Gasteiger charge is 2.19. The van der Waals surface area contributed by atoms with Gasteiger partial charge in [-0.25, -0.2) is 0 Å². The zero-order chi connectivity index (χ0) is 15.2. The Balaban J connectivity index is 1.79. The van der Waals surface area contributed by atoms with E-state index < -0.39 is 0 Å². The van der Waals surface area contributed by atoms with Crippen molar-refractivity contribution in [3.05, 3.63) is 17.7 Å². The molecular weight excluding hydrogens is 272 g/mol. The third kappa shape index (κ3) is 4.26. The molecule has 6 heteroatoms. The van der Waals surface area contributed by atoms with Crippen molar-refractivity contribution >= 4 is 11.6 Å². The first-order chi connectivity index (χ1) is 10.1. The topological polar surface area (TPSA) is 82.8 Å². The lowest BCUT2D eigenvalue weighted by molar-refractivity contribution is 0.0906. The number of hydrogen-bond donors (Lipinski definition) is 2. The van der Waals surface area contributed by atoms with E-state index in [0.717, 1.165) is 6.42 Å². The van der Waals surface area contributed by atoms with Gasteiger partial charge in [0.2, 0.25) is 6.79 Å². The predicted molar refractivity (Wildman–Crippen MR) is 79.6 cm³/mol. The molecule has 0 atom stereocenters. The van der Waals surface area contributed by atoms with Crippen LogP contribution in [0.3, 0.4) is 0 Å². The molecule has 0 saturated carbocycles. The zero-order valence-corrected chi connectivity index (χ0v) is 12.5. The molecule has 0 radical (unpaired) electrons. The Kier molecular flexibility index (Phi) is 5.27. The van der Waals surface area contributed by atoms with Gasteiger partial charge in [0, 0.05) is 24.9 Å². The third-order valence-electron chi connectivity index (χ3n) is 3.16. The van der Waals surface area contributed by atoms with E-state index in [1.165, 1.54) is 0 Å². The maximum Gasteiger partial charge on any atom is 0.253 e. The molecule has 1 aromatic carbocycles. The number of nitrogens with two attached hydrogens (primary N) is 1. The lowest BCUT2D eigenvalue weighted by Gasteiger charge is -2.09. The van der Waals surface area contributed by atoms with Crippen LogP contribution in [0.1, 0.15) is 30.6 Å². The molecule has 1 amide bonds. The predicted octanol–water partition coefficient (Wildman–Crippen LogP) is 1.79. The van der Waals surface area contributed by atoms with Crippen molar-refractivity contribution in [1.82, 2.24) is 5.32 Å². The Morgan fingerprint density at radius 2 is 2.05 bits per heavy atom. The molecule has 0 bridgehead atoms. The van der Waals surface area contributed by atoms with Crippen molar-refractivity contribution < 1.29 is 19.0 Å². The second-order valence-electron chi connectivity index (χ2n) is 5.34. The van der Waals surface area contributed by atoms with Crippen LogP contribution in [0.5, 0.6) is 11.5 Å². The Hall–Kier alpha value is -1.95. The summed E-state index contributed by atoms with van der Waals surface area (Å²) in [7, 11) is 0. The normalized spacial score (nSPS) is 12.7. The number of nitrogens with one attached hydrogen (secondary N) is 1. The number of hydrogen-bond acceptors (Lipinski definition) is 5. The number of carbonyl (C=O) groups is 1. The highest BCUT2D eigenvalue weighted by molar-refractivity contribution is 6.00. The fourth-order valence-electron chi connectivity index (χ4n) is 1.91. The first kappa shape index (κ1) is 15.4. The minimum absolute atomic E-state index is 0.156. The van der Waals surface area contributed by atoms with Crippen LogP contribution in [0.15, 0.2) is 12.1 Å². The van der Waals surface area contributed by atoms with Crippen LogP contribution in [0, 0.1) is 5.92 Å². The van der Waals surface area contributed by atoms with Crippen LogP contribution >= 0.6 is 0 Å². The minimum atomic E-state index is -0.238. The van der Waals surface area contributed by atoms with E-state index in [4.69, 9.17) is 19.9 Å². The van der Waals surface area contributed by atoms with Crippen LogP contribution in [-0.4, -0.2) is 32.5 Å². The highest BCUT2D eigenvalue weighted by atomic mass is 16.7. The molecular formula is C15H22N2O4. The number of nitrogen functional groups attached to an aromatic ring is 1. The molecule has 1 aromatic rings. The number of benzene rings is 1. The quantitative estimate of drug-likeness (QED) is 0.592. The average molecular weight is 294 g/mol.